The molecule has 0 radical (unpaired) electrons. The van der Waals surface area contributed by atoms with Crippen molar-refractivity contribution in [1.82, 2.24) is 0 Å². The fraction of sp³-hybridized carbons (Fsp3) is 0.0330. The largest absolute Gasteiger partial charge is 0.314 e. The Balaban J connectivity index is 0.631. The van der Waals surface area contributed by atoms with Crippen LogP contribution in [-0.4, -0.2) is 0 Å². The third kappa shape index (κ3) is 12.9. The Morgan fingerprint density at radius 2 is 0.358 bits per heavy atom. The lowest BCUT2D eigenvalue weighted by molar-refractivity contribution is 0.680. The number of benzene rings is 14. The molecule has 14 aromatic rings. The monoisotopic (exact) mass is 1220 g/mol. The molecule has 14 aromatic carbocycles. The molecule has 1 aliphatic rings. The van der Waals surface area contributed by atoms with Crippen molar-refractivity contribution < 1.29 is 0 Å². The Morgan fingerprint density at radius 3 is 0.600 bits per heavy atom. The van der Waals surface area contributed by atoms with E-state index in [2.05, 4.69) is 415 Å². The third-order valence-corrected chi connectivity index (χ3v) is 18.2. The van der Waals surface area contributed by atoms with Gasteiger partial charge in [-0.05, 0) is 213 Å². The minimum absolute atomic E-state index is 0.285. The lowest BCUT2D eigenvalue weighted by Crippen LogP contribution is -2.23. The van der Waals surface area contributed by atoms with Crippen LogP contribution in [0.3, 0.4) is 0 Å². The van der Waals surface area contributed by atoms with Gasteiger partial charge in [-0.25, -0.2) is 0 Å². The molecule has 0 spiro atoms. The van der Waals surface area contributed by atoms with Crippen molar-refractivity contribution in [2.24, 2.45) is 5.92 Å². The van der Waals surface area contributed by atoms with E-state index in [4.69, 9.17) is 0 Å². The van der Waals surface area contributed by atoms with Gasteiger partial charge in [-0.2, -0.15) is 0 Å². The van der Waals surface area contributed by atoms with Gasteiger partial charge < -0.3 is 19.6 Å². The lowest BCUT2D eigenvalue weighted by Gasteiger charge is -2.34. The van der Waals surface area contributed by atoms with Gasteiger partial charge in [0, 0.05) is 74.2 Å². The van der Waals surface area contributed by atoms with Crippen molar-refractivity contribution in [3.05, 3.63) is 400 Å². The second-order valence-corrected chi connectivity index (χ2v) is 24.2. The standard InChI is InChI=1S/C91H70N4/c1-67-66-79(50-65-91(67)95(83-30-18-7-19-31-83)90-63-46-73(47-64-90)69-22-10-3-11-23-69)78-48-61-89(62-49-78)94(82-28-16-6-17-29-82)86-55-40-75(41-56-86)71-34-32-70(33-35-71)74-38-53-85(54-39-74)93(81-26-14-5-15-27-81)88-59-44-77(45-60-88)76-42-57-87(58-43-76)92(80-24-12-4-13-25-80)84-51-36-72(37-52-84)68-20-8-2-9-21-68/h2-65,67H,66H2,1H3. The molecule has 0 saturated heterocycles. The van der Waals surface area contributed by atoms with Gasteiger partial charge in [0.05, 0.1) is 0 Å². The van der Waals surface area contributed by atoms with E-state index in [1.165, 1.54) is 50.2 Å². The van der Waals surface area contributed by atoms with Crippen molar-refractivity contribution in [3.8, 4) is 55.6 Å². The van der Waals surface area contributed by atoms with Crippen LogP contribution >= 0.6 is 0 Å². The van der Waals surface area contributed by atoms with Crippen LogP contribution in [0.2, 0.25) is 0 Å². The fourth-order valence-electron chi connectivity index (χ4n) is 13.2. The van der Waals surface area contributed by atoms with Crippen molar-refractivity contribution in [2.75, 3.05) is 19.6 Å². The molecule has 4 nitrogen and oxygen atoms in total. The van der Waals surface area contributed by atoms with Gasteiger partial charge in [-0.3, -0.25) is 0 Å². The number of hydrogen-bond acceptors (Lipinski definition) is 4. The maximum absolute atomic E-state index is 2.42. The minimum Gasteiger partial charge on any atom is -0.314 e. The summed E-state index contributed by atoms with van der Waals surface area (Å²) in [7, 11) is 0. The van der Waals surface area contributed by atoms with E-state index < -0.39 is 0 Å². The number of para-hydroxylation sites is 4. The van der Waals surface area contributed by atoms with Gasteiger partial charge in [-0.15, -0.1) is 0 Å². The zero-order valence-electron chi connectivity index (χ0n) is 53.0. The number of hydrogen-bond donors (Lipinski definition) is 0. The summed E-state index contributed by atoms with van der Waals surface area (Å²) < 4.78 is 0. The quantitative estimate of drug-likeness (QED) is 0.0849. The van der Waals surface area contributed by atoms with Gasteiger partial charge in [0.1, 0.15) is 0 Å². The van der Waals surface area contributed by atoms with Crippen LogP contribution in [0.1, 0.15) is 18.9 Å². The van der Waals surface area contributed by atoms with Crippen LogP contribution in [-0.2, 0) is 0 Å². The Kier molecular flexibility index (Phi) is 17.0. The first-order chi connectivity index (χ1) is 47.0. The molecule has 0 bridgehead atoms. The Hall–Kier alpha value is -12.2. The van der Waals surface area contributed by atoms with Crippen LogP contribution < -0.4 is 19.6 Å². The topological polar surface area (TPSA) is 13.0 Å². The molecule has 0 N–H and O–H groups in total. The summed E-state index contributed by atoms with van der Waals surface area (Å²) in [5, 5.41) is 0. The van der Waals surface area contributed by atoms with Crippen LogP contribution in [0.15, 0.2) is 394 Å². The van der Waals surface area contributed by atoms with Crippen molar-refractivity contribution >= 4 is 68.1 Å². The highest BCUT2D eigenvalue weighted by molar-refractivity contribution is 5.85. The average molecular weight is 1220 g/mol. The molecule has 0 saturated carbocycles. The summed E-state index contributed by atoms with van der Waals surface area (Å²) in [6.45, 7) is 2.35. The average Bonchev–Trinajstić information content (AvgIpc) is 1.15. The summed E-state index contributed by atoms with van der Waals surface area (Å²) >= 11 is 0. The number of anilines is 11. The Labute approximate surface area is 558 Å². The number of rotatable bonds is 18. The second-order valence-electron chi connectivity index (χ2n) is 24.2. The maximum Gasteiger partial charge on any atom is 0.0462 e. The van der Waals surface area contributed by atoms with Gasteiger partial charge in [0.15, 0.2) is 0 Å². The predicted octanol–water partition coefficient (Wildman–Crippen LogP) is 25.6. The summed E-state index contributed by atoms with van der Waals surface area (Å²) in [6.07, 6.45) is 5.58. The zero-order valence-corrected chi connectivity index (χ0v) is 53.0. The second kappa shape index (κ2) is 27.3. The van der Waals surface area contributed by atoms with E-state index in [-0.39, 0.29) is 5.92 Å². The first kappa shape index (κ1) is 59.1. The molecule has 1 unspecified atom stereocenters. The van der Waals surface area contributed by atoms with E-state index in [1.54, 1.807) is 0 Å². The zero-order chi connectivity index (χ0) is 63.7. The minimum atomic E-state index is 0.285. The molecule has 95 heavy (non-hydrogen) atoms. The van der Waals surface area contributed by atoms with Gasteiger partial charge >= 0.3 is 0 Å². The number of nitrogens with zero attached hydrogens (tertiary/aromatic N) is 4. The van der Waals surface area contributed by atoms with Crippen molar-refractivity contribution in [2.45, 2.75) is 13.3 Å². The molecular weight excluding hydrogens is 1150 g/mol. The molecular formula is C91H70N4. The molecule has 4 heteroatoms. The molecule has 0 aliphatic heterocycles. The van der Waals surface area contributed by atoms with Gasteiger partial charge in [0.25, 0.3) is 0 Å². The Bertz CT molecular complexity index is 4870. The van der Waals surface area contributed by atoms with E-state index in [1.807, 2.05) is 0 Å². The summed E-state index contributed by atoms with van der Waals surface area (Å²) in [5.41, 5.74) is 27.9. The fourth-order valence-corrected chi connectivity index (χ4v) is 13.2. The summed E-state index contributed by atoms with van der Waals surface area (Å²) in [6, 6.07) is 135. The Morgan fingerprint density at radius 1 is 0.179 bits per heavy atom. The lowest BCUT2D eigenvalue weighted by atomic mass is 9.87. The van der Waals surface area contributed by atoms with Crippen LogP contribution in [0.4, 0.5) is 62.6 Å². The molecule has 15 rings (SSSR count). The third-order valence-electron chi connectivity index (χ3n) is 18.2. The first-order valence-corrected chi connectivity index (χ1v) is 32.8. The van der Waals surface area contributed by atoms with Crippen LogP contribution in [0.25, 0.3) is 61.2 Å². The van der Waals surface area contributed by atoms with Crippen molar-refractivity contribution in [3.63, 3.8) is 0 Å². The highest BCUT2D eigenvalue weighted by atomic mass is 15.2. The highest BCUT2D eigenvalue weighted by Crippen LogP contribution is 2.44. The maximum atomic E-state index is 2.42. The SMILES string of the molecule is CC1CC(c2ccc(N(c3ccccc3)c3ccc(-c4ccc(-c5ccc(N(c6ccccc6)c6ccc(-c7ccc(N(c8ccccc8)c8ccc(-c9ccccc9)cc8)cc7)cc6)cc5)cc4)cc3)cc2)=CC=C1N(c1ccccc1)c1ccc(-c2ccccc2)cc1. The van der Waals surface area contributed by atoms with E-state index in [0.29, 0.717) is 0 Å². The van der Waals surface area contributed by atoms with E-state index >= 15 is 0 Å². The van der Waals surface area contributed by atoms with Crippen LogP contribution in [0.5, 0.6) is 0 Å². The number of allylic oxidation sites excluding steroid dienone is 4. The molecule has 0 fully saturated rings. The molecule has 0 heterocycles. The summed E-state index contributed by atoms with van der Waals surface area (Å²) in [5.74, 6) is 0.285. The highest BCUT2D eigenvalue weighted by Gasteiger charge is 2.25. The van der Waals surface area contributed by atoms with Gasteiger partial charge in [0.2, 0.25) is 0 Å². The molecule has 0 aromatic heterocycles. The molecule has 454 valence electrons. The predicted molar refractivity (Wildman–Crippen MR) is 403 cm³/mol. The normalized spacial score (nSPS) is 12.7. The van der Waals surface area contributed by atoms with Crippen LogP contribution in [0, 0.1) is 5.92 Å². The smallest absolute Gasteiger partial charge is 0.0462 e. The molecule has 0 amide bonds. The first-order valence-electron chi connectivity index (χ1n) is 32.8. The van der Waals surface area contributed by atoms with Crippen molar-refractivity contribution in [1.29, 1.82) is 0 Å². The van der Waals surface area contributed by atoms with E-state index in [0.717, 1.165) is 91.2 Å². The summed E-state index contributed by atoms with van der Waals surface area (Å²) in [4.78, 5) is 9.41. The van der Waals surface area contributed by atoms with E-state index in [9.17, 15) is 0 Å². The van der Waals surface area contributed by atoms with Gasteiger partial charge in [-0.1, -0.05) is 256 Å². The molecule has 1 atom stereocenters. The molecule has 1 aliphatic carbocycles.